The molecule has 0 spiro atoms. The van der Waals surface area contributed by atoms with Gasteiger partial charge >= 0.3 is 0 Å². The highest BCUT2D eigenvalue weighted by molar-refractivity contribution is 6.32. The van der Waals surface area contributed by atoms with Crippen LogP contribution in [0, 0.1) is 19.7 Å². The molecule has 0 aliphatic rings. The first-order valence-corrected chi connectivity index (χ1v) is 11.3. The van der Waals surface area contributed by atoms with Crippen molar-refractivity contribution in [3.63, 3.8) is 0 Å². The molecule has 2 amide bonds. The first-order chi connectivity index (χ1) is 15.2. The Morgan fingerprint density at radius 1 is 1.09 bits per heavy atom. The van der Waals surface area contributed by atoms with Crippen LogP contribution in [0.3, 0.4) is 0 Å². The van der Waals surface area contributed by atoms with Crippen LogP contribution in [0.15, 0.2) is 36.4 Å². The van der Waals surface area contributed by atoms with E-state index in [0.717, 1.165) is 23.1 Å². The summed E-state index contributed by atoms with van der Waals surface area (Å²) in [5.41, 5.74) is 2.45. The van der Waals surface area contributed by atoms with E-state index in [9.17, 15) is 14.0 Å². The summed E-state index contributed by atoms with van der Waals surface area (Å²) in [6, 6.07) is 8.79. The van der Waals surface area contributed by atoms with E-state index in [1.165, 1.54) is 17.0 Å². The molecular formula is C25H32ClFN2O3. The maximum Gasteiger partial charge on any atom is 0.261 e. The number of ether oxygens (including phenoxy) is 1. The fraction of sp³-hybridized carbons (Fsp3) is 0.440. The summed E-state index contributed by atoms with van der Waals surface area (Å²) in [6.07, 6.45) is 1.22. The van der Waals surface area contributed by atoms with E-state index in [4.69, 9.17) is 16.3 Å². The van der Waals surface area contributed by atoms with Crippen LogP contribution in [0.4, 0.5) is 4.39 Å². The monoisotopic (exact) mass is 462 g/mol. The third-order valence-electron chi connectivity index (χ3n) is 5.43. The molecule has 2 aromatic carbocycles. The Morgan fingerprint density at radius 2 is 1.69 bits per heavy atom. The number of hydrogen-bond donors (Lipinski definition) is 1. The summed E-state index contributed by atoms with van der Waals surface area (Å²) < 4.78 is 19.1. The molecule has 174 valence electrons. The first-order valence-electron chi connectivity index (χ1n) is 10.9. The van der Waals surface area contributed by atoms with Crippen molar-refractivity contribution in [2.75, 3.05) is 6.61 Å². The molecular weight excluding hydrogens is 431 g/mol. The number of aryl methyl sites for hydroxylation is 2. The fourth-order valence-corrected chi connectivity index (χ4v) is 3.47. The lowest BCUT2D eigenvalue weighted by atomic mass is 10.1. The molecule has 0 saturated carbocycles. The van der Waals surface area contributed by atoms with Crippen molar-refractivity contribution in [2.45, 2.75) is 66.1 Å². The van der Waals surface area contributed by atoms with Crippen molar-refractivity contribution >= 4 is 23.4 Å². The van der Waals surface area contributed by atoms with E-state index in [2.05, 4.69) is 5.32 Å². The minimum atomic E-state index is -0.668. The predicted molar refractivity (Wildman–Crippen MR) is 125 cm³/mol. The van der Waals surface area contributed by atoms with Gasteiger partial charge in [0.2, 0.25) is 5.91 Å². The Kier molecular flexibility index (Phi) is 9.51. The van der Waals surface area contributed by atoms with Gasteiger partial charge in [-0.3, -0.25) is 9.59 Å². The Morgan fingerprint density at radius 3 is 2.22 bits per heavy atom. The van der Waals surface area contributed by atoms with E-state index in [0.29, 0.717) is 17.2 Å². The van der Waals surface area contributed by atoms with Gasteiger partial charge < -0.3 is 15.0 Å². The van der Waals surface area contributed by atoms with Crippen molar-refractivity contribution < 1.29 is 18.7 Å². The number of nitrogens with one attached hydrogen (secondary N) is 1. The van der Waals surface area contributed by atoms with E-state index in [1.54, 1.807) is 24.3 Å². The van der Waals surface area contributed by atoms with Crippen molar-refractivity contribution in [2.24, 2.45) is 0 Å². The summed E-state index contributed by atoms with van der Waals surface area (Å²) in [4.78, 5) is 27.6. The summed E-state index contributed by atoms with van der Waals surface area (Å²) >= 11 is 6.21. The number of carbonyl (C=O) groups is 2. The molecule has 0 aliphatic carbocycles. The van der Waals surface area contributed by atoms with Crippen LogP contribution in [0.25, 0.3) is 0 Å². The molecule has 0 bridgehead atoms. The summed E-state index contributed by atoms with van der Waals surface area (Å²) in [5.74, 6) is -0.359. The number of nitrogens with zero attached hydrogens (tertiary/aromatic N) is 1. The summed E-state index contributed by atoms with van der Waals surface area (Å²) in [7, 11) is 0. The molecule has 0 saturated heterocycles. The van der Waals surface area contributed by atoms with Gasteiger partial charge in [0.1, 0.15) is 17.6 Å². The minimum absolute atomic E-state index is 0.00408. The Balaban J connectivity index is 2.24. The second kappa shape index (κ2) is 11.9. The van der Waals surface area contributed by atoms with Crippen LogP contribution in [0.2, 0.25) is 5.02 Å². The standard InChI is InChI=1S/C25H32ClFN2O3/c1-6-18(5)28-25(31)22(7-2)29(14-19-8-10-20(27)11-9-19)23(30)15-32-21-12-16(3)24(26)17(4)13-21/h8-13,18,22H,6-7,14-15H2,1-5H3,(H,28,31)/t18-,22-/m0/s1. The largest absolute Gasteiger partial charge is 0.484 e. The highest BCUT2D eigenvalue weighted by Crippen LogP contribution is 2.26. The lowest BCUT2D eigenvalue weighted by molar-refractivity contribution is -0.143. The summed E-state index contributed by atoms with van der Waals surface area (Å²) in [5, 5.41) is 3.62. The van der Waals surface area contributed by atoms with Gasteiger partial charge in [0.25, 0.3) is 5.91 Å². The van der Waals surface area contributed by atoms with E-state index in [1.807, 2.05) is 34.6 Å². The normalized spacial score (nSPS) is 12.7. The third kappa shape index (κ3) is 6.95. The maximum atomic E-state index is 13.3. The number of hydrogen-bond acceptors (Lipinski definition) is 3. The zero-order valence-electron chi connectivity index (χ0n) is 19.4. The van der Waals surface area contributed by atoms with E-state index < -0.39 is 6.04 Å². The van der Waals surface area contributed by atoms with E-state index in [-0.39, 0.29) is 36.8 Å². The molecule has 7 heteroatoms. The molecule has 0 radical (unpaired) electrons. The van der Waals surface area contributed by atoms with Crippen LogP contribution in [0.1, 0.15) is 50.3 Å². The number of amides is 2. The summed E-state index contributed by atoms with van der Waals surface area (Å²) in [6.45, 7) is 9.46. The SMILES string of the molecule is CC[C@H](C)NC(=O)[C@H](CC)N(Cc1ccc(F)cc1)C(=O)COc1cc(C)c(Cl)c(C)c1. The fourth-order valence-electron chi connectivity index (χ4n) is 3.36. The zero-order chi connectivity index (χ0) is 23.8. The van der Waals surface area contributed by atoms with Crippen molar-refractivity contribution in [1.82, 2.24) is 10.2 Å². The van der Waals surface area contributed by atoms with Gasteiger partial charge in [-0.15, -0.1) is 0 Å². The molecule has 2 rings (SSSR count). The van der Waals surface area contributed by atoms with Crippen molar-refractivity contribution in [1.29, 1.82) is 0 Å². The predicted octanol–water partition coefficient (Wildman–Crippen LogP) is 5.20. The van der Waals surface area contributed by atoms with Crippen LogP contribution in [-0.2, 0) is 16.1 Å². The van der Waals surface area contributed by atoms with Crippen molar-refractivity contribution in [3.8, 4) is 5.75 Å². The van der Waals surface area contributed by atoms with Gasteiger partial charge in [0.05, 0.1) is 0 Å². The molecule has 32 heavy (non-hydrogen) atoms. The molecule has 0 aromatic heterocycles. The molecule has 1 N–H and O–H groups in total. The highest BCUT2D eigenvalue weighted by atomic mass is 35.5. The number of halogens is 2. The second-order valence-electron chi connectivity index (χ2n) is 8.05. The smallest absolute Gasteiger partial charge is 0.261 e. The Hall–Kier alpha value is -2.60. The van der Waals surface area contributed by atoms with Gasteiger partial charge in [0, 0.05) is 17.6 Å². The van der Waals surface area contributed by atoms with E-state index >= 15 is 0 Å². The number of carbonyl (C=O) groups excluding carboxylic acids is 2. The van der Waals surface area contributed by atoms with Crippen molar-refractivity contribution in [3.05, 3.63) is 63.9 Å². The Bertz CT molecular complexity index is 910. The van der Waals surface area contributed by atoms with Gasteiger partial charge in [-0.2, -0.15) is 0 Å². The maximum absolute atomic E-state index is 13.3. The molecule has 0 heterocycles. The van der Waals surface area contributed by atoms with Crippen LogP contribution >= 0.6 is 11.6 Å². The molecule has 0 fully saturated rings. The molecule has 2 aromatic rings. The third-order valence-corrected chi connectivity index (χ3v) is 6.02. The Labute approximate surface area is 194 Å². The van der Waals surface area contributed by atoms with Crippen LogP contribution < -0.4 is 10.1 Å². The van der Waals surface area contributed by atoms with Gasteiger partial charge in [-0.05, 0) is 74.6 Å². The van der Waals surface area contributed by atoms with Gasteiger partial charge in [-0.25, -0.2) is 4.39 Å². The average molecular weight is 463 g/mol. The van der Waals surface area contributed by atoms with Gasteiger partial charge in [0.15, 0.2) is 6.61 Å². The topological polar surface area (TPSA) is 58.6 Å². The molecule has 0 aliphatic heterocycles. The number of benzene rings is 2. The van der Waals surface area contributed by atoms with Crippen LogP contribution in [0.5, 0.6) is 5.75 Å². The quantitative estimate of drug-likeness (QED) is 0.528. The molecule has 0 unspecified atom stereocenters. The lowest BCUT2D eigenvalue weighted by Crippen LogP contribution is -2.51. The van der Waals surface area contributed by atoms with Crippen LogP contribution in [-0.4, -0.2) is 35.4 Å². The highest BCUT2D eigenvalue weighted by Gasteiger charge is 2.29. The average Bonchev–Trinajstić information content (AvgIpc) is 2.76. The first kappa shape index (κ1) is 25.7. The molecule has 2 atom stereocenters. The second-order valence-corrected chi connectivity index (χ2v) is 8.43. The minimum Gasteiger partial charge on any atom is -0.484 e. The molecule has 5 nitrogen and oxygen atoms in total. The van der Waals surface area contributed by atoms with Gasteiger partial charge in [-0.1, -0.05) is 37.6 Å². The number of rotatable bonds is 10. The lowest BCUT2D eigenvalue weighted by Gasteiger charge is -2.31. The zero-order valence-corrected chi connectivity index (χ0v) is 20.1.